The summed E-state index contributed by atoms with van der Waals surface area (Å²) in [5.74, 6) is 1.67. The van der Waals surface area contributed by atoms with Crippen molar-refractivity contribution < 1.29 is 14.1 Å². The van der Waals surface area contributed by atoms with Gasteiger partial charge in [-0.25, -0.2) is 0 Å². The highest BCUT2D eigenvalue weighted by Crippen LogP contribution is 2.31. The summed E-state index contributed by atoms with van der Waals surface area (Å²) >= 11 is 6.25. The fourth-order valence-corrected chi connectivity index (χ4v) is 4.08. The lowest BCUT2D eigenvalue weighted by atomic mass is 10.1. The van der Waals surface area contributed by atoms with Gasteiger partial charge in [-0.3, -0.25) is 4.79 Å². The van der Waals surface area contributed by atoms with Crippen LogP contribution in [-0.4, -0.2) is 27.5 Å². The van der Waals surface area contributed by atoms with Crippen molar-refractivity contribution in [2.45, 2.75) is 25.5 Å². The molecule has 2 heterocycles. The Morgan fingerprint density at radius 1 is 1.00 bits per heavy atom. The lowest BCUT2D eigenvalue weighted by Gasteiger charge is -2.16. The Bertz CT molecular complexity index is 1240. The number of carbonyl (C=O) groups excluding carboxylic acids is 1. The van der Waals surface area contributed by atoms with Crippen LogP contribution >= 0.6 is 11.6 Å². The van der Waals surface area contributed by atoms with Crippen LogP contribution in [0.4, 0.5) is 0 Å². The van der Waals surface area contributed by atoms with E-state index in [9.17, 15) is 4.79 Å². The molecular weight excluding hydrogens is 438 g/mol. The average Bonchev–Trinajstić information content (AvgIpc) is 3.47. The van der Waals surface area contributed by atoms with Gasteiger partial charge in [0.25, 0.3) is 0 Å². The van der Waals surface area contributed by atoms with E-state index < -0.39 is 0 Å². The second-order valence-electron chi connectivity index (χ2n) is 8.02. The minimum Gasteiger partial charge on any atom is -0.489 e. The molecule has 0 saturated carbocycles. The van der Waals surface area contributed by atoms with E-state index in [1.54, 1.807) is 4.90 Å². The minimum absolute atomic E-state index is 0.0552. The number of carbonyl (C=O) groups is 1. The molecule has 0 N–H and O–H groups in total. The molecule has 1 aliphatic rings. The van der Waals surface area contributed by atoms with Crippen molar-refractivity contribution in [3.8, 4) is 17.1 Å². The molecule has 0 radical (unpaired) electrons. The Kier molecular flexibility index (Phi) is 6.09. The van der Waals surface area contributed by atoms with Crippen LogP contribution in [0.3, 0.4) is 0 Å². The van der Waals surface area contributed by atoms with E-state index in [2.05, 4.69) is 10.1 Å². The van der Waals surface area contributed by atoms with Crippen molar-refractivity contribution in [3.63, 3.8) is 0 Å². The van der Waals surface area contributed by atoms with Crippen LogP contribution in [0, 0.1) is 0 Å². The van der Waals surface area contributed by atoms with Gasteiger partial charge in [-0.05, 0) is 41.5 Å². The molecule has 33 heavy (non-hydrogen) atoms. The van der Waals surface area contributed by atoms with E-state index in [4.69, 9.17) is 20.9 Å². The molecule has 166 valence electrons. The van der Waals surface area contributed by atoms with Gasteiger partial charge in [0.2, 0.25) is 17.6 Å². The number of likely N-dealkylation sites (tertiary alicyclic amines) is 1. The molecule has 3 aromatic carbocycles. The highest BCUT2D eigenvalue weighted by Gasteiger charge is 2.34. The molecule has 5 rings (SSSR count). The molecule has 1 amide bonds. The Hall–Kier alpha value is -3.64. The van der Waals surface area contributed by atoms with Gasteiger partial charge in [-0.2, -0.15) is 4.98 Å². The van der Waals surface area contributed by atoms with Crippen LogP contribution < -0.4 is 4.74 Å². The van der Waals surface area contributed by atoms with Gasteiger partial charge in [-0.15, -0.1) is 0 Å². The summed E-state index contributed by atoms with van der Waals surface area (Å²) in [4.78, 5) is 18.9. The highest BCUT2D eigenvalue weighted by molar-refractivity contribution is 6.31. The van der Waals surface area contributed by atoms with Crippen molar-refractivity contribution >= 4 is 17.5 Å². The molecule has 1 aliphatic heterocycles. The first-order valence-corrected chi connectivity index (χ1v) is 11.2. The van der Waals surface area contributed by atoms with Gasteiger partial charge in [0, 0.05) is 30.1 Å². The standard InChI is InChI=1S/C26H22ClN3O3/c27-23-9-5-4-8-20(23)15-30-16-21(14-24(30)31)26-28-25(29-33-26)19-10-12-22(13-11-19)32-17-18-6-2-1-3-7-18/h1-13,21H,14-17H2. The zero-order chi connectivity index (χ0) is 22.6. The van der Waals surface area contributed by atoms with E-state index in [0.717, 1.165) is 22.4 Å². The quantitative estimate of drug-likeness (QED) is 0.366. The van der Waals surface area contributed by atoms with Crippen molar-refractivity contribution in [1.29, 1.82) is 0 Å². The van der Waals surface area contributed by atoms with Crippen LogP contribution in [0.5, 0.6) is 5.75 Å². The normalized spacial score (nSPS) is 15.7. The predicted octanol–water partition coefficient (Wildman–Crippen LogP) is 5.49. The molecule has 1 aromatic heterocycles. The van der Waals surface area contributed by atoms with E-state index in [1.807, 2.05) is 78.9 Å². The molecule has 1 unspecified atom stereocenters. The first kappa shape index (κ1) is 21.2. The van der Waals surface area contributed by atoms with Gasteiger partial charge >= 0.3 is 0 Å². The lowest BCUT2D eigenvalue weighted by molar-refractivity contribution is -0.128. The first-order chi connectivity index (χ1) is 16.2. The van der Waals surface area contributed by atoms with Crippen molar-refractivity contribution in [3.05, 3.63) is 101 Å². The number of amides is 1. The maximum absolute atomic E-state index is 12.5. The van der Waals surface area contributed by atoms with Gasteiger partial charge in [-0.1, -0.05) is 65.3 Å². The number of halogens is 1. The van der Waals surface area contributed by atoms with Crippen molar-refractivity contribution in [1.82, 2.24) is 15.0 Å². The third kappa shape index (κ3) is 4.91. The molecule has 4 aromatic rings. The third-order valence-electron chi connectivity index (χ3n) is 5.69. The first-order valence-electron chi connectivity index (χ1n) is 10.8. The second kappa shape index (κ2) is 9.46. The van der Waals surface area contributed by atoms with Crippen LogP contribution in [-0.2, 0) is 17.9 Å². The summed E-state index contributed by atoms with van der Waals surface area (Å²) in [5.41, 5.74) is 2.86. The summed E-state index contributed by atoms with van der Waals surface area (Å²) in [6, 6.07) is 25.1. The summed E-state index contributed by atoms with van der Waals surface area (Å²) in [5, 5.41) is 4.78. The molecule has 1 saturated heterocycles. The number of benzene rings is 3. The number of hydrogen-bond acceptors (Lipinski definition) is 5. The van der Waals surface area contributed by atoms with Crippen LogP contribution in [0.25, 0.3) is 11.4 Å². The van der Waals surface area contributed by atoms with Crippen LogP contribution in [0.1, 0.15) is 29.4 Å². The van der Waals surface area contributed by atoms with E-state index in [-0.39, 0.29) is 11.8 Å². The van der Waals surface area contributed by atoms with Crippen molar-refractivity contribution in [2.24, 2.45) is 0 Å². The third-order valence-corrected chi connectivity index (χ3v) is 6.05. The fraction of sp³-hybridized carbons (Fsp3) is 0.192. The number of aromatic nitrogens is 2. The number of nitrogens with zero attached hydrogens (tertiary/aromatic N) is 3. The summed E-state index contributed by atoms with van der Waals surface area (Å²) < 4.78 is 11.3. The lowest BCUT2D eigenvalue weighted by Crippen LogP contribution is -2.24. The van der Waals surface area contributed by atoms with Crippen LogP contribution in [0.15, 0.2) is 83.4 Å². The topological polar surface area (TPSA) is 68.5 Å². The molecule has 0 aliphatic carbocycles. The number of rotatable bonds is 7. The fourth-order valence-electron chi connectivity index (χ4n) is 3.88. The van der Waals surface area contributed by atoms with Gasteiger partial charge in [0.1, 0.15) is 12.4 Å². The molecule has 1 atom stereocenters. The SMILES string of the molecule is O=C1CC(c2nc(-c3ccc(OCc4ccccc4)cc3)no2)CN1Cc1ccccc1Cl. The van der Waals surface area contributed by atoms with Crippen molar-refractivity contribution in [2.75, 3.05) is 6.54 Å². The highest BCUT2D eigenvalue weighted by atomic mass is 35.5. The predicted molar refractivity (Wildman–Crippen MR) is 125 cm³/mol. The molecule has 1 fully saturated rings. The molecule has 6 nitrogen and oxygen atoms in total. The largest absolute Gasteiger partial charge is 0.489 e. The average molecular weight is 460 g/mol. The smallest absolute Gasteiger partial charge is 0.232 e. The Labute approximate surface area is 196 Å². The van der Waals surface area contributed by atoms with Gasteiger partial charge < -0.3 is 14.2 Å². The maximum Gasteiger partial charge on any atom is 0.232 e. The van der Waals surface area contributed by atoms with E-state index in [0.29, 0.717) is 42.9 Å². The Morgan fingerprint density at radius 2 is 1.76 bits per heavy atom. The zero-order valence-electron chi connectivity index (χ0n) is 17.9. The molecule has 7 heteroatoms. The van der Waals surface area contributed by atoms with Gasteiger partial charge in [0.15, 0.2) is 0 Å². The Morgan fingerprint density at radius 3 is 2.55 bits per heavy atom. The molecule has 0 spiro atoms. The molecule has 0 bridgehead atoms. The summed E-state index contributed by atoms with van der Waals surface area (Å²) in [6.07, 6.45) is 0.346. The van der Waals surface area contributed by atoms with Gasteiger partial charge in [0.05, 0.1) is 5.92 Å². The number of hydrogen-bond donors (Lipinski definition) is 0. The van der Waals surface area contributed by atoms with Crippen LogP contribution in [0.2, 0.25) is 5.02 Å². The maximum atomic E-state index is 12.5. The number of ether oxygens (including phenoxy) is 1. The second-order valence-corrected chi connectivity index (χ2v) is 8.43. The zero-order valence-corrected chi connectivity index (χ0v) is 18.6. The Balaban J connectivity index is 1.22. The van der Waals surface area contributed by atoms with E-state index >= 15 is 0 Å². The molecular formula is C26H22ClN3O3. The summed E-state index contributed by atoms with van der Waals surface area (Å²) in [7, 11) is 0. The van der Waals surface area contributed by atoms with E-state index in [1.165, 1.54) is 0 Å². The monoisotopic (exact) mass is 459 g/mol. The summed E-state index contributed by atoms with van der Waals surface area (Å²) in [6.45, 7) is 1.51. The minimum atomic E-state index is -0.130.